The quantitative estimate of drug-likeness (QED) is 0.409. The molecule has 2 rings (SSSR count). The van der Waals surface area contributed by atoms with Crippen molar-refractivity contribution in [1.29, 1.82) is 0 Å². The minimum Gasteiger partial charge on any atom is -0.454 e. The summed E-state index contributed by atoms with van der Waals surface area (Å²) in [5.74, 6) is 0.968. The van der Waals surface area contributed by atoms with E-state index in [1.807, 2.05) is 6.92 Å². The maximum atomic E-state index is 11.0. The lowest BCUT2D eigenvalue weighted by Crippen LogP contribution is -2.37. The second-order valence-corrected chi connectivity index (χ2v) is 5.61. The average molecular weight is 318 g/mol. The Morgan fingerprint density at radius 1 is 1.35 bits per heavy atom. The van der Waals surface area contributed by atoms with Crippen LogP contribution in [-0.2, 0) is 6.54 Å². The lowest BCUT2D eigenvalue weighted by Gasteiger charge is -2.15. The summed E-state index contributed by atoms with van der Waals surface area (Å²) in [6.45, 7) is 4.05. The van der Waals surface area contributed by atoms with Crippen LogP contribution in [0.15, 0.2) is 33.2 Å². The second kappa shape index (κ2) is 9.02. The maximum absolute atomic E-state index is 11.0. The molecule has 0 bridgehead atoms. The van der Waals surface area contributed by atoms with E-state index in [1.165, 1.54) is 31.3 Å². The molecule has 6 nitrogen and oxygen atoms in total. The molecule has 126 valence electrons. The van der Waals surface area contributed by atoms with Crippen molar-refractivity contribution in [2.24, 2.45) is 10.7 Å². The van der Waals surface area contributed by atoms with Crippen LogP contribution in [0.3, 0.4) is 0 Å². The van der Waals surface area contributed by atoms with Crippen molar-refractivity contribution in [2.45, 2.75) is 45.6 Å². The first kappa shape index (κ1) is 17.1. The van der Waals surface area contributed by atoms with Crippen LogP contribution in [0.1, 0.15) is 55.3 Å². The number of amides is 1. The lowest BCUT2D eigenvalue weighted by atomic mass is 9.97. The molecule has 23 heavy (non-hydrogen) atoms. The molecule has 1 aromatic rings. The largest absolute Gasteiger partial charge is 0.454 e. The summed E-state index contributed by atoms with van der Waals surface area (Å²) in [7, 11) is 0. The monoisotopic (exact) mass is 318 g/mol. The molecule has 1 amide bonds. The number of carbonyl (C=O) groups is 1. The average Bonchev–Trinajstić information content (AvgIpc) is 3.03. The number of hydrogen-bond donors (Lipinski definition) is 3. The third-order valence-electron chi connectivity index (χ3n) is 3.77. The number of guanidine groups is 1. The Balaban J connectivity index is 1.83. The van der Waals surface area contributed by atoms with Gasteiger partial charge in [0.1, 0.15) is 12.3 Å². The molecule has 4 N–H and O–H groups in total. The smallest absolute Gasteiger partial charge is 0.284 e. The Bertz CT molecular complexity index is 575. The van der Waals surface area contributed by atoms with Crippen molar-refractivity contribution in [3.63, 3.8) is 0 Å². The summed E-state index contributed by atoms with van der Waals surface area (Å²) in [4.78, 5) is 15.5. The number of carbonyl (C=O) groups excluding carboxylic acids is 1. The lowest BCUT2D eigenvalue weighted by molar-refractivity contribution is 0.0972. The molecule has 1 aromatic heterocycles. The van der Waals surface area contributed by atoms with Gasteiger partial charge in [-0.15, -0.1) is 0 Å². The van der Waals surface area contributed by atoms with Gasteiger partial charge in [0, 0.05) is 13.1 Å². The standard InChI is InChI=1S/C17H26N4O2/c1-2-19-17(20-11-10-13-6-4-3-5-7-13)21-12-14-8-9-15(23-14)16(18)22/h6,8-9H,2-5,7,10-12H2,1H3,(H2,18,22)(H2,19,20,21). The molecule has 0 atom stereocenters. The number of aliphatic imine (C=N–C) groups is 1. The van der Waals surface area contributed by atoms with E-state index in [2.05, 4.69) is 21.7 Å². The molecular formula is C17H26N4O2. The van der Waals surface area contributed by atoms with Crippen molar-refractivity contribution >= 4 is 11.9 Å². The first-order valence-corrected chi connectivity index (χ1v) is 8.27. The molecule has 6 heteroatoms. The highest BCUT2D eigenvalue weighted by Crippen LogP contribution is 2.19. The van der Waals surface area contributed by atoms with Gasteiger partial charge in [-0.25, -0.2) is 4.99 Å². The number of primary amides is 1. The molecule has 0 fully saturated rings. The zero-order valence-corrected chi connectivity index (χ0v) is 13.7. The van der Waals surface area contributed by atoms with E-state index in [1.54, 1.807) is 12.1 Å². The molecule has 0 aliphatic heterocycles. The number of allylic oxidation sites excluding steroid dienone is 1. The number of furan rings is 1. The summed E-state index contributed by atoms with van der Waals surface area (Å²) in [5, 5.41) is 6.54. The third-order valence-corrected chi connectivity index (χ3v) is 3.77. The van der Waals surface area contributed by atoms with E-state index in [0.717, 1.165) is 25.5 Å². The van der Waals surface area contributed by atoms with Gasteiger partial charge in [0.15, 0.2) is 11.7 Å². The summed E-state index contributed by atoms with van der Waals surface area (Å²) in [6.07, 6.45) is 8.47. The van der Waals surface area contributed by atoms with Gasteiger partial charge in [0.2, 0.25) is 0 Å². The minimum atomic E-state index is -0.564. The van der Waals surface area contributed by atoms with E-state index < -0.39 is 5.91 Å². The summed E-state index contributed by atoms with van der Waals surface area (Å²) >= 11 is 0. The predicted octanol–water partition coefficient (Wildman–Crippen LogP) is 2.32. The molecule has 0 saturated heterocycles. The fourth-order valence-corrected chi connectivity index (χ4v) is 2.57. The van der Waals surface area contributed by atoms with Crippen LogP contribution >= 0.6 is 0 Å². The first-order chi connectivity index (χ1) is 11.2. The van der Waals surface area contributed by atoms with E-state index in [-0.39, 0.29) is 5.76 Å². The van der Waals surface area contributed by atoms with Crippen LogP contribution in [0.5, 0.6) is 0 Å². The zero-order chi connectivity index (χ0) is 16.5. The number of nitrogens with two attached hydrogens (primary N) is 1. The van der Waals surface area contributed by atoms with E-state index in [9.17, 15) is 4.79 Å². The van der Waals surface area contributed by atoms with Crippen LogP contribution in [0.25, 0.3) is 0 Å². The van der Waals surface area contributed by atoms with Crippen LogP contribution in [0, 0.1) is 0 Å². The Morgan fingerprint density at radius 2 is 2.22 bits per heavy atom. The molecule has 0 saturated carbocycles. The van der Waals surface area contributed by atoms with Crippen LogP contribution < -0.4 is 16.4 Å². The highest BCUT2D eigenvalue weighted by Gasteiger charge is 2.07. The van der Waals surface area contributed by atoms with Crippen LogP contribution in [0.4, 0.5) is 0 Å². The van der Waals surface area contributed by atoms with Gasteiger partial charge in [0.05, 0.1) is 0 Å². The fourth-order valence-electron chi connectivity index (χ4n) is 2.57. The van der Waals surface area contributed by atoms with Gasteiger partial charge in [-0.1, -0.05) is 11.6 Å². The first-order valence-electron chi connectivity index (χ1n) is 8.27. The summed E-state index contributed by atoms with van der Waals surface area (Å²) in [6, 6.07) is 3.29. The van der Waals surface area contributed by atoms with Gasteiger partial charge in [-0.3, -0.25) is 4.79 Å². The molecule has 1 aliphatic rings. The van der Waals surface area contributed by atoms with E-state index >= 15 is 0 Å². The number of nitrogens with zero attached hydrogens (tertiary/aromatic N) is 1. The SMILES string of the molecule is CCNC(=NCc1ccc(C(N)=O)o1)NCCC1=CCCCC1. The van der Waals surface area contributed by atoms with Gasteiger partial charge >= 0.3 is 0 Å². The normalized spacial score (nSPS) is 15.2. The second-order valence-electron chi connectivity index (χ2n) is 5.61. The molecular weight excluding hydrogens is 292 g/mol. The Kier molecular flexibility index (Phi) is 6.72. The summed E-state index contributed by atoms with van der Waals surface area (Å²) < 4.78 is 5.33. The van der Waals surface area contributed by atoms with Crippen LogP contribution in [0.2, 0.25) is 0 Å². The van der Waals surface area contributed by atoms with Gasteiger partial charge in [-0.2, -0.15) is 0 Å². The Morgan fingerprint density at radius 3 is 2.87 bits per heavy atom. The van der Waals surface area contributed by atoms with Crippen molar-refractivity contribution in [1.82, 2.24) is 10.6 Å². The van der Waals surface area contributed by atoms with Crippen molar-refractivity contribution in [2.75, 3.05) is 13.1 Å². The topological polar surface area (TPSA) is 92.6 Å². The minimum absolute atomic E-state index is 0.164. The fraction of sp³-hybridized carbons (Fsp3) is 0.529. The van der Waals surface area contributed by atoms with Gasteiger partial charge in [-0.05, 0) is 51.2 Å². The number of hydrogen-bond acceptors (Lipinski definition) is 3. The number of rotatable bonds is 7. The zero-order valence-electron chi connectivity index (χ0n) is 13.7. The molecule has 0 radical (unpaired) electrons. The highest BCUT2D eigenvalue weighted by molar-refractivity contribution is 5.89. The van der Waals surface area contributed by atoms with Crippen LogP contribution in [-0.4, -0.2) is 25.0 Å². The van der Waals surface area contributed by atoms with Gasteiger partial charge < -0.3 is 20.8 Å². The number of nitrogens with one attached hydrogen (secondary N) is 2. The maximum Gasteiger partial charge on any atom is 0.284 e. The Labute approximate surface area is 137 Å². The highest BCUT2D eigenvalue weighted by atomic mass is 16.3. The molecule has 1 aliphatic carbocycles. The Hall–Kier alpha value is -2.24. The molecule has 0 unspecified atom stereocenters. The third kappa shape index (κ3) is 5.81. The van der Waals surface area contributed by atoms with E-state index in [4.69, 9.17) is 10.2 Å². The van der Waals surface area contributed by atoms with Gasteiger partial charge in [0.25, 0.3) is 5.91 Å². The summed E-state index contributed by atoms with van der Waals surface area (Å²) in [5.41, 5.74) is 6.71. The molecule has 0 spiro atoms. The molecule has 1 heterocycles. The van der Waals surface area contributed by atoms with E-state index in [0.29, 0.717) is 12.3 Å². The predicted molar refractivity (Wildman–Crippen MR) is 91.2 cm³/mol. The van der Waals surface area contributed by atoms with Crippen molar-refractivity contribution < 1.29 is 9.21 Å². The molecule has 0 aromatic carbocycles. The van der Waals surface area contributed by atoms with Crippen molar-refractivity contribution in [3.05, 3.63) is 35.3 Å². The van der Waals surface area contributed by atoms with Crippen molar-refractivity contribution in [3.8, 4) is 0 Å².